The highest BCUT2D eigenvalue weighted by Gasteiger charge is 2.21. The molecule has 0 spiro atoms. The van der Waals surface area contributed by atoms with Gasteiger partial charge in [-0.1, -0.05) is 42.5 Å². The molecule has 2 aromatic rings. The maximum atomic E-state index is 12.8. The molecule has 0 amide bonds. The Bertz CT molecular complexity index is 586. The summed E-state index contributed by atoms with van der Waals surface area (Å²) >= 11 is 0. The molecular formula is C16H16FNO3. The highest BCUT2D eigenvalue weighted by Crippen LogP contribution is 2.13. The summed E-state index contributed by atoms with van der Waals surface area (Å²) in [7, 11) is 0. The molecular weight excluding hydrogens is 273 g/mol. The Balaban J connectivity index is 2.05. The third-order valence-corrected chi connectivity index (χ3v) is 3.13. The molecule has 2 aromatic carbocycles. The molecule has 2 atom stereocenters. The summed E-state index contributed by atoms with van der Waals surface area (Å²) in [4.78, 5) is 11.3. The van der Waals surface area contributed by atoms with Crippen molar-refractivity contribution in [3.8, 4) is 0 Å². The molecule has 21 heavy (non-hydrogen) atoms. The first kappa shape index (κ1) is 15.2. The van der Waals surface area contributed by atoms with Crippen molar-refractivity contribution in [2.45, 2.75) is 18.7 Å². The maximum absolute atomic E-state index is 12.8. The minimum atomic E-state index is -1.17. The summed E-state index contributed by atoms with van der Waals surface area (Å²) in [6.07, 6.45) is -0.926. The van der Waals surface area contributed by atoms with Gasteiger partial charge in [-0.15, -0.1) is 0 Å². The number of hydrogen-bond donors (Lipinski definition) is 3. The zero-order valence-corrected chi connectivity index (χ0v) is 11.2. The molecule has 5 heteroatoms. The van der Waals surface area contributed by atoms with Gasteiger partial charge in [0.1, 0.15) is 18.1 Å². The zero-order valence-electron chi connectivity index (χ0n) is 11.2. The van der Waals surface area contributed by atoms with Crippen molar-refractivity contribution >= 4 is 5.97 Å². The second kappa shape index (κ2) is 6.97. The van der Waals surface area contributed by atoms with Gasteiger partial charge in [0.15, 0.2) is 0 Å². The van der Waals surface area contributed by atoms with Gasteiger partial charge < -0.3 is 10.2 Å². The van der Waals surface area contributed by atoms with Gasteiger partial charge in [0.2, 0.25) is 0 Å². The molecule has 0 bridgehead atoms. The molecule has 2 rings (SSSR count). The molecule has 0 fully saturated rings. The van der Waals surface area contributed by atoms with E-state index < -0.39 is 24.1 Å². The van der Waals surface area contributed by atoms with Crippen LogP contribution in [0.15, 0.2) is 54.6 Å². The van der Waals surface area contributed by atoms with Crippen LogP contribution >= 0.6 is 0 Å². The van der Waals surface area contributed by atoms with Crippen molar-refractivity contribution < 1.29 is 19.4 Å². The molecule has 0 saturated heterocycles. The molecule has 4 nitrogen and oxygen atoms in total. The Kier molecular flexibility index (Phi) is 5.03. The molecule has 110 valence electrons. The number of aliphatic carboxylic acids is 1. The van der Waals surface area contributed by atoms with Crippen LogP contribution < -0.4 is 5.32 Å². The molecule has 0 radical (unpaired) electrons. The quantitative estimate of drug-likeness (QED) is 0.712. The Morgan fingerprint density at radius 3 is 2.29 bits per heavy atom. The lowest BCUT2D eigenvalue weighted by Crippen LogP contribution is -2.40. The molecule has 0 aromatic heterocycles. The lowest BCUT2D eigenvalue weighted by atomic mass is 10.1. The summed E-state index contributed by atoms with van der Waals surface area (Å²) in [5.41, 5.74) is 1.26. The van der Waals surface area contributed by atoms with Crippen molar-refractivity contribution in [2.24, 2.45) is 0 Å². The van der Waals surface area contributed by atoms with Crippen LogP contribution in [0.2, 0.25) is 0 Å². The number of halogens is 1. The number of aliphatic hydroxyl groups excluding tert-OH is 1. The molecule has 0 aliphatic carbocycles. The van der Waals surface area contributed by atoms with Gasteiger partial charge in [-0.05, 0) is 29.7 Å². The Hall–Kier alpha value is -2.24. The fourth-order valence-corrected chi connectivity index (χ4v) is 2.00. The van der Waals surface area contributed by atoms with E-state index in [0.717, 1.165) is 5.56 Å². The van der Waals surface area contributed by atoms with Gasteiger partial charge in [-0.25, -0.2) is 4.39 Å². The van der Waals surface area contributed by atoms with Crippen LogP contribution in [-0.4, -0.2) is 22.2 Å². The average Bonchev–Trinajstić information content (AvgIpc) is 2.48. The summed E-state index contributed by atoms with van der Waals surface area (Å²) < 4.78 is 12.8. The molecule has 0 aliphatic heterocycles. The van der Waals surface area contributed by atoms with Crippen LogP contribution in [-0.2, 0) is 11.2 Å². The fraction of sp³-hybridized carbons (Fsp3) is 0.188. The van der Waals surface area contributed by atoms with Crippen LogP contribution in [0, 0.1) is 5.82 Å². The van der Waals surface area contributed by atoms with Gasteiger partial charge in [-0.3, -0.25) is 10.1 Å². The van der Waals surface area contributed by atoms with Crippen molar-refractivity contribution in [3.63, 3.8) is 0 Å². The average molecular weight is 289 g/mol. The van der Waals surface area contributed by atoms with Crippen LogP contribution in [0.3, 0.4) is 0 Å². The van der Waals surface area contributed by atoms with E-state index in [1.807, 2.05) is 30.3 Å². The Labute approximate surface area is 121 Å². The third-order valence-electron chi connectivity index (χ3n) is 3.13. The van der Waals surface area contributed by atoms with Crippen molar-refractivity contribution in [2.75, 3.05) is 0 Å². The number of carboxylic acids is 1. The largest absolute Gasteiger partial charge is 0.480 e. The lowest BCUT2D eigenvalue weighted by molar-refractivity contribution is -0.140. The van der Waals surface area contributed by atoms with Gasteiger partial charge in [0.05, 0.1) is 0 Å². The van der Waals surface area contributed by atoms with Gasteiger partial charge in [-0.2, -0.15) is 0 Å². The van der Waals surface area contributed by atoms with E-state index in [-0.39, 0.29) is 6.42 Å². The molecule has 1 unspecified atom stereocenters. The highest BCUT2D eigenvalue weighted by molar-refractivity contribution is 5.74. The van der Waals surface area contributed by atoms with E-state index in [9.17, 15) is 19.4 Å². The van der Waals surface area contributed by atoms with Crippen LogP contribution in [0.1, 0.15) is 17.4 Å². The first-order valence-electron chi connectivity index (χ1n) is 6.52. The minimum absolute atomic E-state index is 0.244. The van der Waals surface area contributed by atoms with Crippen LogP contribution in [0.4, 0.5) is 4.39 Å². The number of carbonyl (C=O) groups is 1. The number of hydrogen-bond acceptors (Lipinski definition) is 3. The second-order valence-corrected chi connectivity index (χ2v) is 4.70. The van der Waals surface area contributed by atoms with Crippen molar-refractivity contribution in [1.82, 2.24) is 5.32 Å². The Morgan fingerprint density at radius 1 is 1.10 bits per heavy atom. The first-order chi connectivity index (χ1) is 10.1. The molecule has 3 N–H and O–H groups in total. The second-order valence-electron chi connectivity index (χ2n) is 4.70. The smallest absolute Gasteiger partial charge is 0.321 e. The first-order valence-corrected chi connectivity index (χ1v) is 6.52. The SMILES string of the molecule is O=C(O)[C@H](Cc1ccccc1)NC(O)c1ccc(F)cc1. The van der Waals surface area contributed by atoms with E-state index in [1.54, 1.807) is 0 Å². The number of benzene rings is 2. The van der Waals surface area contributed by atoms with Crippen molar-refractivity contribution in [1.29, 1.82) is 0 Å². The van der Waals surface area contributed by atoms with E-state index in [4.69, 9.17) is 0 Å². The third kappa shape index (κ3) is 4.37. The van der Waals surface area contributed by atoms with E-state index in [1.165, 1.54) is 24.3 Å². The minimum Gasteiger partial charge on any atom is -0.480 e. The van der Waals surface area contributed by atoms with Crippen LogP contribution in [0.5, 0.6) is 0 Å². The van der Waals surface area contributed by atoms with Gasteiger partial charge >= 0.3 is 5.97 Å². The summed E-state index contributed by atoms with van der Waals surface area (Å²) in [6.45, 7) is 0. The number of rotatable bonds is 6. The summed E-state index contributed by atoms with van der Waals surface area (Å²) in [5.74, 6) is -1.47. The zero-order chi connectivity index (χ0) is 15.2. The number of carboxylic acid groups (broad SMARTS) is 1. The topological polar surface area (TPSA) is 69.6 Å². The van der Waals surface area contributed by atoms with Gasteiger partial charge in [0.25, 0.3) is 0 Å². The molecule has 0 saturated carbocycles. The maximum Gasteiger partial charge on any atom is 0.321 e. The van der Waals surface area contributed by atoms with E-state index >= 15 is 0 Å². The monoisotopic (exact) mass is 289 g/mol. The highest BCUT2D eigenvalue weighted by atomic mass is 19.1. The lowest BCUT2D eigenvalue weighted by Gasteiger charge is -2.19. The Morgan fingerprint density at radius 2 is 1.71 bits per heavy atom. The molecule has 0 aliphatic rings. The van der Waals surface area contributed by atoms with Crippen LogP contribution in [0.25, 0.3) is 0 Å². The van der Waals surface area contributed by atoms with E-state index in [2.05, 4.69) is 5.32 Å². The van der Waals surface area contributed by atoms with Gasteiger partial charge in [0, 0.05) is 0 Å². The predicted molar refractivity (Wildman–Crippen MR) is 76.1 cm³/mol. The normalized spacial score (nSPS) is 13.6. The summed E-state index contributed by atoms with van der Waals surface area (Å²) in [5, 5.41) is 21.9. The fourth-order valence-electron chi connectivity index (χ4n) is 2.00. The summed E-state index contributed by atoms with van der Waals surface area (Å²) in [6, 6.07) is 13.5. The predicted octanol–water partition coefficient (Wildman–Crippen LogP) is 2.10. The molecule has 0 heterocycles. The number of nitrogens with one attached hydrogen (secondary N) is 1. The van der Waals surface area contributed by atoms with E-state index in [0.29, 0.717) is 5.56 Å². The van der Waals surface area contributed by atoms with Crippen molar-refractivity contribution in [3.05, 3.63) is 71.5 Å². The number of aliphatic hydroxyl groups is 1. The standard InChI is InChI=1S/C16H16FNO3/c17-13-8-6-12(7-9-13)15(19)18-14(16(20)21)10-11-4-2-1-3-5-11/h1-9,14-15,18-19H,10H2,(H,20,21)/t14-,15?/m0/s1.